The van der Waals surface area contributed by atoms with Crippen molar-refractivity contribution in [1.29, 1.82) is 0 Å². The molecule has 1 heterocycles. The van der Waals surface area contributed by atoms with Crippen molar-refractivity contribution in [1.82, 2.24) is 0 Å². The van der Waals surface area contributed by atoms with Gasteiger partial charge in [-0.15, -0.1) is 0 Å². The molecule has 1 atom stereocenters. The van der Waals surface area contributed by atoms with E-state index in [0.717, 1.165) is 10.3 Å². The molecule has 11 heavy (non-hydrogen) atoms. The maximum absolute atomic E-state index is 11.1. The van der Waals surface area contributed by atoms with Crippen LogP contribution >= 0.6 is 0 Å². The molecule has 3 nitrogen and oxygen atoms in total. The van der Waals surface area contributed by atoms with E-state index < -0.39 is 0 Å². The lowest BCUT2D eigenvalue weighted by molar-refractivity contribution is -0.351. The molecule has 0 radical (unpaired) electrons. The molecule has 0 fully saturated rings. The van der Waals surface area contributed by atoms with Gasteiger partial charge in [0.2, 0.25) is 5.69 Å². The maximum Gasteiger partial charge on any atom is 0.221 e. The van der Waals surface area contributed by atoms with Crippen LogP contribution in [0.5, 0.6) is 0 Å². The van der Waals surface area contributed by atoms with E-state index in [1.54, 1.807) is 6.07 Å². The maximum atomic E-state index is 11.1. The minimum atomic E-state index is -0.233. The molecule has 0 aromatic heterocycles. The lowest BCUT2D eigenvalue weighted by Gasteiger charge is -1.98. The third-order valence-electron chi connectivity index (χ3n) is 1.83. The van der Waals surface area contributed by atoms with Gasteiger partial charge in [-0.05, 0) is 0 Å². The molecule has 3 heteroatoms. The summed E-state index contributed by atoms with van der Waals surface area (Å²) in [7, 11) is 0. The Morgan fingerprint density at radius 3 is 2.82 bits per heavy atom. The number of rotatable bonds is 0. The van der Waals surface area contributed by atoms with Crippen LogP contribution in [0.4, 0.5) is 5.69 Å². The Kier molecular flexibility index (Phi) is 1.20. The van der Waals surface area contributed by atoms with Crippen LogP contribution in [0, 0.1) is 5.21 Å². The molecule has 0 amide bonds. The zero-order valence-corrected chi connectivity index (χ0v) is 5.90. The molecule has 0 saturated carbocycles. The minimum absolute atomic E-state index is 0.233. The molecule has 1 aromatic carbocycles. The number of hydrogen-bond donors (Lipinski definition) is 1. The monoisotopic (exact) mass is 148 g/mol. The quantitative estimate of drug-likeness (QED) is 0.439. The zero-order chi connectivity index (χ0) is 7.84. The van der Waals surface area contributed by atoms with Crippen molar-refractivity contribution in [3.05, 3.63) is 35.0 Å². The van der Waals surface area contributed by atoms with E-state index in [1.165, 1.54) is 6.21 Å². The van der Waals surface area contributed by atoms with Crippen LogP contribution in [0.1, 0.15) is 11.6 Å². The van der Waals surface area contributed by atoms with Crippen molar-refractivity contribution in [3.8, 4) is 0 Å². The summed E-state index contributed by atoms with van der Waals surface area (Å²) < 4.78 is 0.819. The fraction of sp³-hybridized carbons (Fsp3) is 0.125. The summed E-state index contributed by atoms with van der Waals surface area (Å²) in [5.74, 6) is 0. The summed E-state index contributed by atoms with van der Waals surface area (Å²) in [6, 6.07) is 7.12. The third kappa shape index (κ3) is 0.816. The number of benzene rings is 1. The number of nitrogens with zero attached hydrogens (tertiary/aromatic N) is 1. The Morgan fingerprint density at radius 1 is 1.36 bits per heavy atom. The predicted octanol–water partition coefficient (Wildman–Crippen LogP) is 0.913. The zero-order valence-electron chi connectivity index (χ0n) is 5.90. The van der Waals surface area contributed by atoms with E-state index in [9.17, 15) is 5.21 Å². The van der Waals surface area contributed by atoms with Crippen molar-refractivity contribution >= 4 is 11.9 Å². The summed E-state index contributed by atoms with van der Waals surface area (Å²) in [5, 5.41) is 11.1. The Morgan fingerprint density at radius 2 is 2.09 bits per heavy atom. The lowest BCUT2D eigenvalue weighted by atomic mass is 10.1. The van der Waals surface area contributed by atoms with Crippen LogP contribution in [0.3, 0.4) is 0 Å². The molecule has 56 valence electrons. The normalized spacial score (nSPS) is 21.2. The van der Waals surface area contributed by atoms with Crippen LogP contribution in [-0.2, 0) is 0 Å². The predicted molar refractivity (Wildman–Crippen MR) is 42.7 cm³/mol. The van der Waals surface area contributed by atoms with E-state index in [4.69, 9.17) is 5.73 Å². The smallest absolute Gasteiger partial charge is 0.221 e. The van der Waals surface area contributed by atoms with Crippen molar-refractivity contribution in [3.63, 3.8) is 0 Å². The highest BCUT2D eigenvalue weighted by Gasteiger charge is 2.23. The second kappa shape index (κ2) is 2.07. The number of fused-ring (bicyclic) bond motifs is 1. The first-order chi connectivity index (χ1) is 5.29. The molecule has 1 aromatic rings. The molecule has 1 aliphatic heterocycles. The second-order valence-electron chi connectivity index (χ2n) is 2.56. The van der Waals surface area contributed by atoms with Gasteiger partial charge in [0.1, 0.15) is 6.04 Å². The van der Waals surface area contributed by atoms with Gasteiger partial charge in [0.05, 0.1) is 5.56 Å². The number of hydrogen-bond acceptors (Lipinski definition) is 2. The molecule has 0 aliphatic carbocycles. The lowest BCUT2D eigenvalue weighted by Crippen LogP contribution is -2.08. The fourth-order valence-electron chi connectivity index (χ4n) is 1.28. The van der Waals surface area contributed by atoms with E-state index in [1.807, 2.05) is 18.2 Å². The largest absolute Gasteiger partial charge is 0.618 e. The van der Waals surface area contributed by atoms with Crippen LogP contribution < -0.4 is 5.73 Å². The first kappa shape index (κ1) is 6.37. The Balaban J connectivity index is 2.62. The first-order valence-electron chi connectivity index (χ1n) is 3.45. The van der Waals surface area contributed by atoms with Gasteiger partial charge in [-0.25, -0.2) is 0 Å². The molecular weight excluding hydrogens is 140 g/mol. The van der Waals surface area contributed by atoms with Crippen LogP contribution in [0.2, 0.25) is 0 Å². The molecule has 0 spiro atoms. The first-order valence-corrected chi connectivity index (χ1v) is 3.45. The molecule has 1 unspecified atom stereocenters. The van der Waals surface area contributed by atoms with Gasteiger partial charge in [0.15, 0.2) is 6.21 Å². The minimum Gasteiger partial charge on any atom is -0.618 e. The number of para-hydroxylation sites is 1. The fourth-order valence-corrected chi connectivity index (χ4v) is 1.28. The third-order valence-corrected chi connectivity index (χ3v) is 1.83. The van der Waals surface area contributed by atoms with Gasteiger partial charge in [-0.2, -0.15) is 4.74 Å². The van der Waals surface area contributed by atoms with E-state index in [2.05, 4.69) is 0 Å². The molecule has 0 bridgehead atoms. The van der Waals surface area contributed by atoms with Gasteiger partial charge < -0.3 is 10.9 Å². The Labute approximate surface area is 64.3 Å². The van der Waals surface area contributed by atoms with Gasteiger partial charge in [-0.3, -0.25) is 0 Å². The standard InChI is InChI=1S/C8H8N2O/c9-7-5-10(11)8-4-2-1-3-6(7)8/h1-5,7H,9H2. The van der Waals surface area contributed by atoms with Crippen LogP contribution in [-0.4, -0.2) is 11.0 Å². The van der Waals surface area contributed by atoms with Crippen molar-refractivity contribution in [2.45, 2.75) is 6.04 Å². The van der Waals surface area contributed by atoms with E-state index in [-0.39, 0.29) is 6.04 Å². The second-order valence-corrected chi connectivity index (χ2v) is 2.56. The highest BCUT2D eigenvalue weighted by atomic mass is 16.5. The van der Waals surface area contributed by atoms with E-state index in [0.29, 0.717) is 5.69 Å². The molecule has 1 aliphatic rings. The van der Waals surface area contributed by atoms with Crippen molar-refractivity contribution in [2.24, 2.45) is 5.73 Å². The molecule has 2 rings (SSSR count). The van der Waals surface area contributed by atoms with E-state index >= 15 is 0 Å². The van der Waals surface area contributed by atoms with Gasteiger partial charge in [0, 0.05) is 6.07 Å². The highest BCUT2D eigenvalue weighted by Crippen LogP contribution is 2.27. The van der Waals surface area contributed by atoms with Crippen LogP contribution in [0.15, 0.2) is 24.3 Å². The Hall–Kier alpha value is -1.35. The summed E-state index contributed by atoms with van der Waals surface area (Å²) in [5.41, 5.74) is 7.21. The average Bonchev–Trinajstić information content (AvgIpc) is 2.30. The average molecular weight is 148 g/mol. The molecule has 0 saturated heterocycles. The number of nitrogens with two attached hydrogens (primary N) is 1. The topological polar surface area (TPSA) is 52.1 Å². The van der Waals surface area contributed by atoms with Crippen molar-refractivity contribution in [2.75, 3.05) is 0 Å². The van der Waals surface area contributed by atoms with Gasteiger partial charge in [-0.1, -0.05) is 18.2 Å². The SMILES string of the molecule is NC1C=[N+]([O-])c2ccccc21. The molecular formula is C8H8N2O. The van der Waals surface area contributed by atoms with Crippen LogP contribution in [0.25, 0.3) is 0 Å². The van der Waals surface area contributed by atoms with Gasteiger partial charge in [0.25, 0.3) is 0 Å². The Bertz CT molecular complexity index is 320. The van der Waals surface area contributed by atoms with Gasteiger partial charge >= 0.3 is 0 Å². The summed E-state index contributed by atoms with van der Waals surface area (Å²) in [4.78, 5) is 0. The summed E-state index contributed by atoms with van der Waals surface area (Å²) in [6.07, 6.45) is 1.46. The highest BCUT2D eigenvalue weighted by molar-refractivity contribution is 5.71. The van der Waals surface area contributed by atoms with Crippen molar-refractivity contribution < 1.29 is 4.74 Å². The summed E-state index contributed by atoms with van der Waals surface area (Å²) >= 11 is 0. The molecule has 2 N–H and O–H groups in total. The summed E-state index contributed by atoms with van der Waals surface area (Å²) in [6.45, 7) is 0.